The minimum Gasteiger partial charge on any atom is -0.393 e. The molecule has 1 N–H and O–H groups in total. The molecule has 2 fully saturated rings. The fourth-order valence-corrected chi connectivity index (χ4v) is 4.34. The first kappa shape index (κ1) is 20.1. The van der Waals surface area contributed by atoms with Crippen molar-refractivity contribution in [1.29, 1.82) is 0 Å². The van der Waals surface area contributed by atoms with Crippen LogP contribution in [0.25, 0.3) is 0 Å². The number of likely N-dealkylation sites (tertiary alicyclic amines) is 1. The Labute approximate surface area is 157 Å². The lowest BCUT2D eigenvalue weighted by atomic mass is 9.88. The summed E-state index contributed by atoms with van der Waals surface area (Å²) >= 11 is 0. The van der Waals surface area contributed by atoms with E-state index in [2.05, 4.69) is 0 Å². The van der Waals surface area contributed by atoms with E-state index in [-0.39, 0.29) is 29.9 Å². The van der Waals surface area contributed by atoms with Gasteiger partial charge in [-0.15, -0.1) is 0 Å². The number of ether oxygens (including phenoxy) is 1. The topological polar surface area (TPSA) is 49.8 Å². The average molecular weight is 385 g/mol. The normalized spacial score (nSPS) is 27.6. The third kappa shape index (κ3) is 4.46. The van der Waals surface area contributed by atoms with Crippen molar-refractivity contribution < 1.29 is 27.8 Å². The number of benzene rings is 1. The number of nitrogens with zero attached hydrogens (tertiary/aromatic N) is 1. The summed E-state index contributed by atoms with van der Waals surface area (Å²) in [6, 6.07) is 5.34. The van der Waals surface area contributed by atoms with Gasteiger partial charge < -0.3 is 14.7 Å². The van der Waals surface area contributed by atoms with Gasteiger partial charge in [0.2, 0.25) is 5.91 Å². The summed E-state index contributed by atoms with van der Waals surface area (Å²) in [6.45, 7) is 3.18. The molecule has 150 valence electrons. The molecule has 1 amide bonds. The lowest BCUT2D eigenvalue weighted by Gasteiger charge is -2.37. The maximum absolute atomic E-state index is 13.3. The van der Waals surface area contributed by atoms with E-state index in [4.69, 9.17) is 4.74 Å². The van der Waals surface area contributed by atoms with E-state index in [1.807, 2.05) is 0 Å². The fourth-order valence-electron chi connectivity index (χ4n) is 4.34. The first-order valence-corrected chi connectivity index (χ1v) is 9.50. The van der Waals surface area contributed by atoms with E-state index in [0.717, 1.165) is 18.9 Å². The van der Waals surface area contributed by atoms with E-state index in [0.29, 0.717) is 26.2 Å². The highest BCUT2D eigenvalue weighted by atomic mass is 19.4. The van der Waals surface area contributed by atoms with Crippen LogP contribution >= 0.6 is 0 Å². The van der Waals surface area contributed by atoms with Gasteiger partial charge in [0, 0.05) is 31.5 Å². The minimum atomic E-state index is -4.44. The summed E-state index contributed by atoms with van der Waals surface area (Å²) in [5, 5.41) is 10.3. The van der Waals surface area contributed by atoms with Crippen LogP contribution in [0.1, 0.15) is 49.7 Å². The van der Waals surface area contributed by atoms with Crippen molar-refractivity contribution in [3.8, 4) is 0 Å². The molecule has 1 aromatic rings. The van der Waals surface area contributed by atoms with Crippen molar-refractivity contribution in [2.75, 3.05) is 19.8 Å². The molecule has 0 saturated carbocycles. The Kier molecular flexibility index (Phi) is 6.11. The largest absolute Gasteiger partial charge is 0.416 e. The summed E-state index contributed by atoms with van der Waals surface area (Å²) in [7, 11) is 0. The van der Waals surface area contributed by atoms with Crippen molar-refractivity contribution in [2.24, 2.45) is 5.92 Å². The summed E-state index contributed by atoms with van der Waals surface area (Å²) in [5.41, 5.74) is -0.533. The molecule has 0 aromatic heterocycles. The summed E-state index contributed by atoms with van der Waals surface area (Å²) < 4.78 is 45.2. The molecule has 27 heavy (non-hydrogen) atoms. The first-order valence-electron chi connectivity index (χ1n) is 9.50. The molecule has 1 aromatic carbocycles. The molecule has 0 aliphatic carbocycles. The molecule has 3 rings (SSSR count). The van der Waals surface area contributed by atoms with E-state index in [1.165, 1.54) is 12.1 Å². The maximum Gasteiger partial charge on any atom is 0.416 e. The predicted molar refractivity (Wildman–Crippen MR) is 94.1 cm³/mol. The highest BCUT2D eigenvalue weighted by Gasteiger charge is 2.40. The molecule has 4 nitrogen and oxygen atoms in total. The van der Waals surface area contributed by atoms with Gasteiger partial charge in [0.05, 0.1) is 18.3 Å². The van der Waals surface area contributed by atoms with Gasteiger partial charge >= 0.3 is 6.18 Å². The Morgan fingerprint density at radius 2 is 2.07 bits per heavy atom. The average Bonchev–Trinajstić information content (AvgIpc) is 3.11. The van der Waals surface area contributed by atoms with E-state index in [1.54, 1.807) is 17.9 Å². The number of aliphatic hydroxyl groups excluding tert-OH is 1. The van der Waals surface area contributed by atoms with Gasteiger partial charge in [-0.25, -0.2) is 0 Å². The molecule has 2 aliphatic rings. The molecule has 2 heterocycles. The number of halogens is 3. The highest BCUT2D eigenvalue weighted by molar-refractivity contribution is 5.78. The lowest BCUT2D eigenvalue weighted by molar-refractivity contribution is -0.140. The zero-order valence-corrected chi connectivity index (χ0v) is 15.4. The van der Waals surface area contributed by atoms with E-state index >= 15 is 0 Å². The Bertz CT molecular complexity index is 664. The Balaban J connectivity index is 1.71. The van der Waals surface area contributed by atoms with Crippen LogP contribution in [0.4, 0.5) is 13.2 Å². The molecule has 7 heteroatoms. The third-order valence-corrected chi connectivity index (χ3v) is 5.75. The second kappa shape index (κ2) is 8.19. The molecule has 0 spiro atoms. The second-order valence-electron chi connectivity index (χ2n) is 7.58. The second-order valence-corrected chi connectivity index (χ2v) is 7.58. The van der Waals surface area contributed by atoms with Crippen LogP contribution < -0.4 is 0 Å². The van der Waals surface area contributed by atoms with Gasteiger partial charge in [0.1, 0.15) is 0 Å². The third-order valence-electron chi connectivity index (χ3n) is 5.75. The van der Waals surface area contributed by atoms with Crippen LogP contribution in [0.5, 0.6) is 0 Å². The molecule has 0 unspecified atom stereocenters. The Hall–Kier alpha value is -1.60. The SMILES string of the molecule is C[C@H](CC(=O)N1CCC[C@@H]1[C@H]1COCC[C@@H]1O)c1ccccc1C(F)(F)F. The maximum atomic E-state index is 13.3. The van der Waals surface area contributed by atoms with Gasteiger partial charge in [-0.1, -0.05) is 25.1 Å². The molecule has 0 radical (unpaired) electrons. The molecular weight excluding hydrogens is 359 g/mol. The van der Waals surface area contributed by atoms with Gasteiger partial charge in [0.25, 0.3) is 0 Å². The molecular formula is C20H26F3NO3. The Morgan fingerprint density at radius 3 is 2.78 bits per heavy atom. The number of carbonyl (C=O) groups excluding carboxylic acids is 1. The first-order chi connectivity index (χ1) is 12.8. The number of hydrogen-bond donors (Lipinski definition) is 1. The zero-order chi connectivity index (χ0) is 19.6. The minimum absolute atomic E-state index is 0.0211. The van der Waals surface area contributed by atoms with Crippen molar-refractivity contribution >= 4 is 5.91 Å². The lowest BCUT2D eigenvalue weighted by Crippen LogP contribution is -2.48. The molecule has 2 aliphatic heterocycles. The quantitative estimate of drug-likeness (QED) is 0.862. The van der Waals surface area contributed by atoms with Crippen molar-refractivity contribution in [1.82, 2.24) is 4.90 Å². The van der Waals surface area contributed by atoms with Gasteiger partial charge in [-0.05, 0) is 36.8 Å². The summed E-state index contributed by atoms with van der Waals surface area (Å²) in [6.07, 6.45) is -2.72. The number of aliphatic hydroxyl groups is 1. The van der Waals surface area contributed by atoms with Gasteiger partial charge in [-0.3, -0.25) is 4.79 Å². The van der Waals surface area contributed by atoms with Gasteiger partial charge in [0.15, 0.2) is 0 Å². The summed E-state index contributed by atoms with van der Waals surface area (Å²) in [4.78, 5) is 14.6. The standard InChI is InChI=1S/C20H26F3NO3/c1-13(14-5-2-3-6-16(14)20(21,22)23)11-19(26)24-9-4-7-17(24)15-12-27-10-8-18(15)25/h2-3,5-6,13,15,17-18,25H,4,7-12H2,1H3/t13-,15-,17-,18+/m1/s1. The number of amides is 1. The van der Waals surface area contributed by atoms with Crippen molar-refractivity contribution in [2.45, 2.75) is 56.8 Å². The fraction of sp³-hybridized carbons (Fsp3) is 0.650. The monoisotopic (exact) mass is 385 g/mol. The summed E-state index contributed by atoms with van der Waals surface area (Å²) in [5.74, 6) is -0.813. The predicted octanol–water partition coefficient (Wildman–Crippen LogP) is 3.59. The van der Waals surface area contributed by atoms with Crippen molar-refractivity contribution in [3.05, 3.63) is 35.4 Å². The van der Waals surface area contributed by atoms with Crippen LogP contribution in [0.15, 0.2) is 24.3 Å². The number of alkyl halides is 3. The van der Waals surface area contributed by atoms with Crippen LogP contribution in [-0.2, 0) is 15.7 Å². The van der Waals surface area contributed by atoms with Crippen LogP contribution in [-0.4, -0.2) is 47.8 Å². The number of rotatable bonds is 4. The smallest absolute Gasteiger partial charge is 0.393 e. The molecule has 0 bridgehead atoms. The van der Waals surface area contributed by atoms with E-state index in [9.17, 15) is 23.1 Å². The van der Waals surface area contributed by atoms with E-state index < -0.39 is 23.8 Å². The van der Waals surface area contributed by atoms with Gasteiger partial charge in [-0.2, -0.15) is 13.2 Å². The van der Waals surface area contributed by atoms with Crippen molar-refractivity contribution in [3.63, 3.8) is 0 Å². The Morgan fingerprint density at radius 1 is 1.33 bits per heavy atom. The number of carbonyl (C=O) groups is 1. The zero-order valence-electron chi connectivity index (χ0n) is 15.4. The molecule has 4 atom stereocenters. The van der Waals surface area contributed by atoms with Crippen LogP contribution in [0.3, 0.4) is 0 Å². The number of hydrogen-bond acceptors (Lipinski definition) is 3. The highest BCUT2D eigenvalue weighted by Crippen LogP contribution is 2.37. The molecule has 2 saturated heterocycles. The van der Waals surface area contributed by atoms with Crippen LogP contribution in [0.2, 0.25) is 0 Å². The van der Waals surface area contributed by atoms with Crippen LogP contribution in [0, 0.1) is 5.92 Å².